The molecule has 4 atom stereocenters. The van der Waals surface area contributed by atoms with Crippen LogP contribution in [0.15, 0.2) is 11.1 Å². The second kappa shape index (κ2) is 5.95. The fourth-order valence-electron chi connectivity index (χ4n) is 2.65. The summed E-state index contributed by atoms with van der Waals surface area (Å²) in [6, 6.07) is 0. The molecule has 12 heteroatoms. The Bertz CT molecular complexity index is 819. The van der Waals surface area contributed by atoms with E-state index in [0.29, 0.717) is 11.2 Å². The van der Waals surface area contributed by atoms with Crippen LogP contribution in [0.3, 0.4) is 0 Å². The third-order valence-corrected chi connectivity index (χ3v) is 4.02. The predicted octanol–water partition coefficient (Wildman–Crippen LogP) is -1.55. The molecule has 124 valence electrons. The van der Waals surface area contributed by atoms with Crippen LogP contribution in [-0.4, -0.2) is 43.3 Å². The number of aromatic nitrogens is 4. The molecule has 0 aliphatic carbocycles. The summed E-state index contributed by atoms with van der Waals surface area (Å²) in [5.74, 6) is -0.0295. The maximum absolute atomic E-state index is 12.0. The van der Waals surface area contributed by atoms with E-state index in [9.17, 15) is 14.5 Å². The number of nitrogens with zero attached hydrogens (tertiary/aromatic N) is 3. The number of imidazole rings is 1. The van der Waals surface area contributed by atoms with Crippen molar-refractivity contribution < 1.29 is 28.4 Å². The van der Waals surface area contributed by atoms with E-state index in [1.165, 1.54) is 0 Å². The first-order valence-corrected chi connectivity index (χ1v) is 7.88. The molecule has 0 spiro atoms. The molecule has 5 N–H and O–H groups in total. The normalized spacial score (nSPS) is 25.2. The Kier molecular flexibility index (Phi) is 4.13. The van der Waals surface area contributed by atoms with Gasteiger partial charge < -0.3 is 15.6 Å². The molecule has 2 unspecified atom stereocenters. The molecule has 3 rings (SSSR count). The van der Waals surface area contributed by atoms with Gasteiger partial charge in [-0.25, -0.2) is 4.57 Å². The highest BCUT2D eigenvalue weighted by Crippen LogP contribution is 2.28. The molecule has 1 aliphatic rings. The van der Waals surface area contributed by atoms with Gasteiger partial charge in [-0.1, -0.05) is 4.98 Å². The molecule has 0 radical (unpaired) electrons. The Labute approximate surface area is 130 Å². The summed E-state index contributed by atoms with van der Waals surface area (Å²) in [4.78, 5) is 27.2. The van der Waals surface area contributed by atoms with Crippen molar-refractivity contribution in [3.63, 3.8) is 0 Å². The SMILES string of the molecule is Cn1c[n+]([C@H]2CC(O)[C@@H](CO[P+](=O)O)O2)c2nc(N)[nH]c(=O)c21. The Morgan fingerprint density at radius 1 is 1.70 bits per heavy atom. The van der Waals surface area contributed by atoms with E-state index in [2.05, 4.69) is 14.5 Å². The zero-order valence-corrected chi connectivity index (χ0v) is 13.0. The van der Waals surface area contributed by atoms with Gasteiger partial charge in [0.1, 0.15) is 12.7 Å². The largest absolute Gasteiger partial charge is 0.694 e. The topological polar surface area (TPSA) is 157 Å². The molecule has 2 aromatic heterocycles. The van der Waals surface area contributed by atoms with Gasteiger partial charge in [0.2, 0.25) is 5.52 Å². The van der Waals surface area contributed by atoms with Crippen molar-refractivity contribution in [1.82, 2.24) is 14.5 Å². The number of ether oxygens (including phenoxy) is 1. The van der Waals surface area contributed by atoms with Crippen LogP contribution < -0.4 is 15.9 Å². The predicted molar refractivity (Wildman–Crippen MR) is 76.3 cm³/mol. The van der Waals surface area contributed by atoms with Crippen molar-refractivity contribution in [2.75, 3.05) is 12.3 Å². The van der Waals surface area contributed by atoms with Crippen LogP contribution in [0.25, 0.3) is 11.2 Å². The maximum Gasteiger partial charge on any atom is 0.694 e. The van der Waals surface area contributed by atoms with Gasteiger partial charge in [0.05, 0.1) is 13.2 Å². The number of nitrogens with one attached hydrogen (secondary N) is 1. The first kappa shape index (κ1) is 16.0. The lowest BCUT2D eigenvalue weighted by Crippen LogP contribution is -2.39. The first-order chi connectivity index (χ1) is 10.9. The zero-order valence-electron chi connectivity index (χ0n) is 12.1. The first-order valence-electron chi connectivity index (χ1n) is 6.75. The highest BCUT2D eigenvalue weighted by molar-refractivity contribution is 7.32. The lowest BCUT2D eigenvalue weighted by atomic mass is 10.2. The van der Waals surface area contributed by atoms with Crippen LogP contribution in [0.2, 0.25) is 0 Å². The molecule has 23 heavy (non-hydrogen) atoms. The number of rotatable bonds is 4. The van der Waals surface area contributed by atoms with Crippen LogP contribution in [-0.2, 0) is 20.9 Å². The monoisotopic (exact) mass is 345 g/mol. The number of aliphatic hydroxyl groups excluding tert-OH is 1. The molecule has 0 amide bonds. The fraction of sp³-hybridized carbons (Fsp3) is 0.545. The Hall–Kier alpha value is -1.91. The van der Waals surface area contributed by atoms with Gasteiger partial charge in [0.15, 0.2) is 12.6 Å². The number of hydrogen-bond acceptors (Lipinski definition) is 7. The summed E-state index contributed by atoms with van der Waals surface area (Å²) in [5, 5.41) is 10.0. The van der Waals surface area contributed by atoms with E-state index in [0.717, 1.165) is 0 Å². The molecule has 1 fully saturated rings. The molecule has 0 aromatic carbocycles. The van der Waals surface area contributed by atoms with E-state index >= 15 is 0 Å². The van der Waals surface area contributed by atoms with Gasteiger partial charge in [0.25, 0.3) is 11.5 Å². The minimum atomic E-state index is -2.76. The quantitative estimate of drug-likeness (QED) is 0.383. The highest BCUT2D eigenvalue weighted by Gasteiger charge is 2.40. The van der Waals surface area contributed by atoms with Gasteiger partial charge in [-0.05, 0) is 0 Å². The molecule has 11 nitrogen and oxygen atoms in total. The minimum absolute atomic E-state index is 0.0295. The average Bonchev–Trinajstić information content (AvgIpc) is 2.97. The van der Waals surface area contributed by atoms with Crippen molar-refractivity contribution >= 4 is 25.4 Å². The van der Waals surface area contributed by atoms with E-state index in [1.807, 2.05) is 0 Å². The standard InChI is InChI=1S/C11H14N5O6P/c1-15-4-16(9-8(15)10(18)14-11(12)13-9)7-2-5(17)6(22-7)3-21-23(19)20/h4-7,17H,2-3H2,1H3,(H2-2,12,13,14,18,19,20)/p+2/t5?,6-,7-/m1/s1. The van der Waals surface area contributed by atoms with Crippen LogP contribution in [0, 0.1) is 0 Å². The smallest absolute Gasteiger partial charge is 0.390 e. The minimum Gasteiger partial charge on any atom is -0.390 e. The number of aliphatic hydroxyl groups is 1. The number of nitrogens with two attached hydrogens (primary N) is 1. The van der Waals surface area contributed by atoms with Gasteiger partial charge in [-0.15, -0.1) is 9.42 Å². The molecule has 0 saturated carbocycles. The van der Waals surface area contributed by atoms with Crippen molar-refractivity contribution in [3.8, 4) is 0 Å². The molecule has 2 aromatic rings. The fourth-order valence-corrected chi connectivity index (χ4v) is 2.93. The number of H-pyrrole nitrogens is 1. The Morgan fingerprint density at radius 2 is 2.43 bits per heavy atom. The third kappa shape index (κ3) is 2.96. The molecule has 1 saturated heterocycles. The van der Waals surface area contributed by atoms with Crippen molar-refractivity contribution in [1.29, 1.82) is 0 Å². The Balaban J connectivity index is 1.92. The lowest BCUT2D eigenvalue weighted by molar-refractivity contribution is -0.739. The Morgan fingerprint density at radius 3 is 3.13 bits per heavy atom. The third-order valence-electron chi connectivity index (χ3n) is 3.65. The van der Waals surface area contributed by atoms with Gasteiger partial charge in [-0.2, -0.15) is 0 Å². The summed E-state index contributed by atoms with van der Waals surface area (Å²) < 4.78 is 24.0. The molecule has 1 aliphatic heterocycles. The average molecular weight is 345 g/mol. The zero-order chi connectivity index (χ0) is 16.7. The second-order valence-corrected chi connectivity index (χ2v) is 5.96. The second-order valence-electron chi connectivity index (χ2n) is 5.22. The summed E-state index contributed by atoms with van der Waals surface area (Å²) in [6.07, 6.45) is -0.411. The van der Waals surface area contributed by atoms with Crippen LogP contribution in [0.4, 0.5) is 5.95 Å². The lowest BCUT2D eigenvalue weighted by Gasteiger charge is -2.10. The highest BCUT2D eigenvalue weighted by atomic mass is 31.1. The number of anilines is 1. The number of fused-ring (bicyclic) bond motifs is 1. The van der Waals surface area contributed by atoms with Gasteiger partial charge in [0, 0.05) is 11.0 Å². The van der Waals surface area contributed by atoms with Crippen LogP contribution >= 0.6 is 8.25 Å². The van der Waals surface area contributed by atoms with Crippen molar-refractivity contribution in [2.45, 2.75) is 24.9 Å². The van der Waals surface area contributed by atoms with Gasteiger partial charge in [-0.3, -0.25) is 14.3 Å². The summed E-state index contributed by atoms with van der Waals surface area (Å²) >= 11 is 0. The van der Waals surface area contributed by atoms with Crippen molar-refractivity contribution in [2.24, 2.45) is 7.05 Å². The van der Waals surface area contributed by atoms with Crippen molar-refractivity contribution in [3.05, 3.63) is 16.7 Å². The number of aryl methyl sites for hydroxylation is 1. The molecule has 0 bridgehead atoms. The summed E-state index contributed by atoms with van der Waals surface area (Å²) in [7, 11) is -1.09. The van der Waals surface area contributed by atoms with E-state index in [-0.39, 0.29) is 24.5 Å². The maximum atomic E-state index is 12.0. The van der Waals surface area contributed by atoms with E-state index < -0.39 is 26.7 Å². The molecule has 3 heterocycles. The number of aromatic amines is 1. The van der Waals surface area contributed by atoms with Crippen LogP contribution in [0.5, 0.6) is 0 Å². The number of nitrogen functional groups attached to an aromatic ring is 1. The molecular formula is C11H16N5O6P+2. The van der Waals surface area contributed by atoms with E-state index in [1.54, 1.807) is 22.5 Å². The summed E-state index contributed by atoms with van der Waals surface area (Å²) in [5.41, 5.74) is 5.83. The van der Waals surface area contributed by atoms with E-state index in [4.69, 9.17) is 15.4 Å². The number of hydrogen-bond donors (Lipinski definition) is 4. The van der Waals surface area contributed by atoms with Crippen LogP contribution in [0.1, 0.15) is 12.6 Å². The molecular weight excluding hydrogens is 329 g/mol. The van der Waals surface area contributed by atoms with Gasteiger partial charge >= 0.3 is 13.9 Å². The summed E-state index contributed by atoms with van der Waals surface area (Å²) in [6.45, 7) is -0.217.